The summed E-state index contributed by atoms with van der Waals surface area (Å²) in [4.78, 5) is 18.1. The van der Waals surface area contributed by atoms with Crippen LogP contribution in [-0.4, -0.2) is 48.6 Å². The number of hydrogen-bond donors (Lipinski definition) is 1. The van der Waals surface area contributed by atoms with E-state index in [0.717, 1.165) is 31.5 Å². The van der Waals surface area contributed by atoms with Crippen molar-refractivity contribution >= 4 is 11.8 Å². The third-order valence-corrected chi connectivity index (χ3v) is 3.36. The van der Waals surface area contributed by atoms with Gasteiger partial charge in [-0.2, -0.15) is 0 Å². The number of hydrogen-bond acceptors (Lipinski definition) is 5. The van der Waals surface area contributed by atoms with Crippen LogP contribution >= 0.6 is 0 Å². The molecule has 1 aromatic rings. The number of methoxy groups -OCH3 is 1. The lowest BCUT2D eigenvalue weighted by molar-refractivity contribution is 0.0600. The number of carbonyl (C=O) groups excluding carboxylic acids is 1. The van der Waals surface area contributed by atoms with Gasteiger partial charge in [0.2, 0.25) is 0 Å². The van der Waals surface area contributed by atoms with Gasteiger partial charge in [-0.15, -0.1) is 0 Å². The topological polar surface area (TPSA) is 54.5 Å². The molecule has 0 saturated heterocycles. The summed E-state index contributed by atoms with van der Waals surface area (Å²) in [5.41, 5.74) is 0.523. The van der Waals surface area contributed by atoms with Crippen molar-refractivity contribution in [1.82, 2.24) is 9.88 Å². The van der Waals surface area contributed by atoms with Crippen LogP contribution in [-0.2, 0) is 4.74 Å². The van der Waals surface area contributed by atoms with E-state index in [4.69, 9.17) is 0 Å². The van der Waals surface area contributed by atoms with Crippen molar-refractivity contribution in [3.05, 3.63) is 23.9 Å². The maximum absolute atomic E-state index is 11.4. The molecule has 0 aliphatic heterocycles. The molecule has 2 rings (SSSR count). The van der Waals surface area contributed by atoms with Gasteiger partial charge in [0, 0.05) is 25.3 Å². The molecule has 0 radical (unpaired) electrons. The minimum Gasteiger partial charge on any atom is -0.465 e. The molecule has 19 heavy (non-hydrogen) atoms. The third kappa shape index (κ3) is 3.92. The molecule has 5 heteroatoms. The van der Waals surface area contributed by atoms with Gasteiger partial charge in [-0.25, -0.2) is 9.78 Å². The van der Waals surface area contributed by atoms with Gasteiger partial charge in [0.05, 0.1) is 12.7 Å². The molecule has 0 spiro atoms. The van der Waals surface area contributed by atoms with Crippen LogP contribution in [0.15, 0.2) is 18.3 Å². The van der Waals surface area contributed by atoms with E-state index in [9.17, 15) is 4.79 Å². The number of rotatable bonds is 7. The summed E-state index contributed by atoms with van der Waals surface area (Å²) in [6, 6.07) is 4.15. The summed E-state index contributed by atoms with van der Waals surface area (Å²) in [5, 5.41) is 3.25. The summed E-state index contributed by atoms with van der Waals surface area (Å²) in [5.74, 6) is 0.383. The number of likely N-dealkylation sites (N-methyl/N-ethyl adjacent to an activating group) is 1. The second-order valence-electron chi connectivity index (χ2n) is 4.71. The summed E-state index contributed by atoms with van der Waals surface area (Å²) in [7, 11) is 1.38. The number of esters is 1. The quantitative estimate of drug-likeness (QED) is 0.760. The third-order valence-electron chi connectivity index (χ3n) is 3.36. The van der Waals surface area contributed by atoms with Crippen molar-refractivity contribution in [1.29, 1.82) is 0 Å². The molecular weight excluding hydrogens is 242 g/mol. The lowest BCUT2D eigenvalue weighted by Crippen LogP contribution is -2.31. The first kappa shape index (κ1) is 13.8. The number of carbonyl (C=O) groups is 1. The van der Waals surface area contributed by atoms with E-state index < -0.39 is 0 Å². The van der Waals surface area contributed by atoms with E-state index in [1.165, 1.54) is 20.0 Å². The highest BCUT2D eigenvalue weighted by molar-refractivity contribution is 5.89. The normalized spacial score (nSPS) is 14.5. The highest BCUT2D eigenvalue weighted by atomic mass is 16.5. The van der Waals surface area contributed by atoms with Crippen LogP contribution in [0.25, 0.3) is 0 Å². The van der Waals surface area contributed by atoms with Crippen LogP contribution in [0.2, 0.25) is 0 Å². The van der Waals surface area contributed by atoms with E-state index >= 15 is 0 Å². The Morgan fingerprint density at radius 2 is 2.37 bits per heavy atom. The molecule has 104 valence electrons. The molecule has 1 heterocycles. The smallest absolute Gasteiger partial charge is 0.338 e. The standard InChI is InChI=1S/C14H21N3O2/c1-3-17(12-4-5-12)9-8-16-13-10-11(6-7-15-13)14(18)19-2/h6-7,10,12H,3-5,8-9H2,1-2H3,(H,15,16). The predicted octanol–water partition coefficient (Wildman–Crippen LogP) is 1.76. The maximum Gasteiger partial charge on any atom is 0.338 e. The first-order valence-electron chi connectivity index (χ1n) is 6.77. The molecule has 5 nitrogen and oxygen atoms in total. The average Bonchev–Trinajstić information content (AvgIpc) is 3.27. The molecule has 1 saturated carbocycles. The predicted molar refractivity (Wildman–Crippen MR) is 74.3 cm³/mol. The van der Waals surface area contributed by atoms with Gasteiger partial charge < -0.3 is 10.1 Å². The van der Waals surface area contributed by atoms with Gasteiger partial charge in [-0.05, 0) is 31.5 Å². The first-order chi connectivity index (χ1) is 9.24. The largest absolute Gasteiger partial charge is 0.465 e. The Bertz CT molecular complexity index is 432. The maximum atomic E-state index is 11.4. The molecule has 0 unspecified atom stereocenters. The van der Waals surface area contributed by atoms with Gasteiger partial charge in [0.25, 0.3) is 0 Å². The van der Waals surface area contributed by atoms with Crippen molar-refractivity contribution < 1.29 is 9.53 Å². The summed E-state index contributed by atoms with van der Waals surface area (Å²) in [6.45, 7) is 5.11. The van der Waals surface area contributed by atoms with Gasteiger partial charge in [0.1, 0.15) is 5.82 Å². The molecule has 1 fully saturated rings. The average molecular weight is 263 g/mol. The molecule has 0 bridgehead atoms. The minimum absolute atomic E-state index is 0.335. The van der Waals surface area contributed by atoms with Gasteiger partial charge in [0.15, 0.2) is 0 Å². The Morgan fingerprint density at radius 3 is 3.00 bits per heavy atom. The Balaban J connectivity index is 1.83. The number of pyridine rings is 1. The lowest BCUT2D eigenvalue weighted by Gasteiger charge is -2.19. The molecule has 0 aromatic carbocycles. The Labute approximate surface area is 114 Å². The second kappa shape index (κ2) is 6.52. The van der Waals surface area contributed by atoms with Crippen molar-refractivity contribution in [2.45, 2.75) is 25.8 Å². The van der Waals surface area contributed by atoms with Crippen molar-refractivity contribution in [2.75, 3.05) is 32.1 Å². The highest BCUT2D eigenvalue weighted by Gasteiger charge is 2.27. The molecule has 1 aliphatic rings. The second-order valence-corrected chi connectivity index (χ2v) is 4.71. The van der Waals surface area contributed by atoms with Crippen LogP contribution in [0.3, 0.4) is 0 Å². The van der Waals surface area contributed by atoms with Crippen molar-refractivity contribution in [3.63, 3.8) is 0 Å². The summed E-state index contributed by atoms with van der Waals surface area (Å²) in [6.07, 6.45) is 4.26. The Kier molecular flexibility index (Phi) is 4.74. The molecule has 0 atom stereocenters. The summed E-state index contributed by atoms with van der Waals surface area (Å²) < 4.78 is 4.69. The zero-order valence-electron chi connectivity index (χ0n) is 11.6. The van der Waals surface area contributed by atoms with Crippen LogP contribution in [0.5, 0.6) is 0 Å². The Hall–Kier alpha value is -1.62. The van der Waals surface area contributed by atoms with Crippen molar-refractivity contribution in [2.24, 2.45) is 0 Å². The Morgan fingerprint density at radius 1 is 1.58 bits per heavy atom. The number of aromatic nitrogens is 1. The molecular formula is C14H21N3O2. The monoisotopic (exact) mass is 263 g/mol. The molecule has 1 aromatic heterocycles. The van der Waals surface area contributed by atoms with Crippen LogP contribution in [0.4, 0.5) is 5.82 Å². The van der Waals surface area contributed by atoms with Crippen molar-refractivity contribution in [3.8, 4) is 0 Å². The van der Waals surface area contributed by atoms with E-state index in [-0.39, 0.29) is 5.97 Å². The first-order valence-corrected chi connectivity index (χ1v) is 6.77. The zero-order chi connectivity index (χ0) is 13.7. The van der Waals surface area contributed by atoms with Crippen LogP contribution in [0, 0.1) is 0 Å². The van der Waals surface area contributed by atoms with E-state index in [1.807, 2.05) is 0 Å². The SMILES string of the molecule is CCN(CCNc1cc(C(=O)OC)ccn1)C1CC1. The number of anilines is 1. The fraction of sp³-hybridized carbons (Fsp3) is 0.571. The van der Waals surface area contributed by atoms with Gasteiger partial charge >= 0.3 is 5.97 Å². The van der Waals surface area contributed by atoms with Gasteiger partial charge in [-0.1, -0.05) is 6.92 Å². The highest BCUT2D eigenvalue weighted by Crippen LogP contribution is 2.25. The van der Waals surface area contributed by atoms with Crippen LogP contribution < -0.4 is 5.32 Å². The number of nitrogens with one attached hydrogen (secondary N) is 1. The molecule has 1 aliphatic carbocycles. The van der Waals surface area contributed by atoms with Crippen LogP contribution in [0.1, 0.15) is 30.1 Å². The molecule has 1 N–H and O–H groups in total. The number of ether oxygens (including phenoxy) is 1. The zero-order valence-corrected chi connectivity index (χ0v) is 11.6. The fourth-order valence-corrected chi connectivity index (χ4v) is 2.14. The van der Waals surface area contributed by atoms with E-state index in [1.54, 1.807) is 18.3 Å². The lowest BCUT2D eigenvalue weighted by atomic mass is 10.2. The van der Waals surface area contributed by atoms with Gasteiger partial charge in [-0.3, -0.25) is 4.90 Å². The minimum atomic E-state index is -0.335. The van der Waals surface area contributed by atoms with E-state index in [0.29, 0.717) is 5.56 Å². The summed E-state index contributed by atoms with van der Waals surface area (Å²) >= 11 is 0. The van der Waals surface area contributed by atoms with E-state index in [2.05, 4.69) is 26.9 Å². The number of nitrogens with zero attached hydrogens (tertiary/aromatic N) is 2. The molecule has 0 amide bonds. The fourth-order valence-electron chi connectivity index (χ4n) is 2.14.